The molecule has 154 valence electrons. The first kappa shape index (κ1) is 19.4. The van der Waals surface area contributed by atoms with Crippen molar-refractivity contribution in [1.29, 1.82) is 0 Å². The molecule has 2 aliphatic rings. The number of anilines is 1. The van der Waals surface area contributed by atoms with Gasteiger partial charge in [-0.15, -0.1) is 0 Å². The molecule has 2 aliphatic heterocycles. The minimum absolute atomic E-state index is 0.00788. The Morgan fingerprint density at radius 1 is 1.14 bits per heavy atom. The van der Waals surface area contributed by atoms with Gasteiger partial charge < -0.3 is 20.1 Å². The Kier molecular flexibility index (Phi) is 5.48. The highest BCUT2D eigenvalue weighted by Gasteiger charge is 2.28. The van der Waals surface area contributed by atoms with Crippen LogP contribution in [-0.2, 0) is 23.0 Å². The highest BCUT2D eigenvalue weighted by atomic mass is 32.2. The summed E-state index contributed by atoms with van der Waals surface area (Å²) in [6.07, 6.45) is 0.752. The number of para-hydroxylation sites is 1. The van der Waals surface area contributed by atoms with Gasteiger partial charge in [0.1, 0.15) is 0 Å². The van der Waals surface area contributed by atoms with Gasteiger partial charge in [0.15, 0.2) is 17.5 Å². The lowest BCUT2D eigenvalue weighted by molar-refractivity contribution is 0.174. The van der Waals surface area contributed by atoms with Gasteiger partial charge in [-0.05, 0) is 35.7 Å². The average Bonchev–Trinajstić information content (AvgIpc) is 3.37. The van der Waals surface area contributed by atoms with Crippen LogP contribution in [0.25, 0.3) is 0 Å². The first-order chi connectivity index (χ1) is 14.1. The van der Waals surface area contributed by atoms with Gasteiger partial charge in [0.25, 0.3) is 0 Å². The Morgan fingerprint density at radius 3 is 2.83 bits per heavy atom. The molecule has 0 radical (unpaired) electrons. The Labute approximate surface area is 170 Å². The Morgan fingerprint density at radius 2 is 1.97 bits per heavy atom. The molecule has 0 unspecified atom stereocenters. The molecular formula is C20H24N4O4S. The minimum Gasteiger partial charge on any atom is -0.454 e. The molecule has 2 aromatic rings. The molecule has 9 heteroatoms. The molecule has 0 fully saturated rings. The van der Waals surface area contributed by atoms with Crippen molar-refractivity contribution in [2.75, 3.05) is 37.0 Å². The van der Waals surface area contributed by atoms with Gasteiger partial charge in [0.05, 0.1) is 11.4 Å². The normalized spacial score (nSPS) is 15.3. The predicted molar refractivity (Wildman–Crippen MR) is 112 cm³/mol. The van der Waals surface area contributed by atoms with Crippen LogP contribution in [0.4, 0.5) is 5.69 Å². The average molecular weight is 417 g/mol. The molecule has 0 saturated carbocycles. The maximum Gasteiger partial charge on any atom is 0.236 e. The number of nitrogens with zero attached hydrogens (tertiary/aromatic N) is 2. The number of fused-ring (bicyclic) bond motifs is 2. The van der Waals surface area contributed by atoms with Gasteiger partial charge >= 0.3 is 0 Å². The number of nitrogens with one attached hydrogen (secondary N) is 2. The highest BCUT2D eigenvalue weighted by molar-refractivity contribution is 7.92. The van der Waals surface area contributed by atoms with Gasteiger partial charge in [0, 0.05) is 26.7 Å². The van der Waals surface area contributed by atoms with E-state index in [1.165, 1.54) is 4.31 Å². The maximum absolute atomic E-state index is 12.8. The molecule has 29 heavy (non-hydrogen) atoms. The summed E-state index contributed by atoms with van der Waals surface area (Å²) in [5, 5.41) is 6.26. The largest absolute Gasteiger partial charge is 0.454 e. The number of ether oxygens (including phenoxy) is 2. The molecule has 2 aromatic carbocycles. The van der Waals surface area contributed by atoms with Crippen molar-refractivity contribution in [3.63, 3.8) is 0 Å². The van der Waals surface area contributed by atoms with Crippen LogP contribution in [0.2, 0.25) is 0 Å². The molecule has 0 aromatic heterocycles. The van der Waals surface area contributed by atoms with E-state index in [2.05, 4.69) is 15.6 Å². The van der Waals surface area contributed by atoms with Crippen LogP contribution >= 0.6 is 0 Å². The highest BCUT2D eigenvalue weighted by Crippen LogP contribution is 2.32. The van der Waals surface area contributed by atoms with E-state index in [-0.39, 0.29) is 19.1 Å². The summed E-state index contributed by atoms with van der Waals surface area (Å²) in [6, 6.07) is 13.4. The fourth-order valence-corrected chi connectivity index (χ4v) is 4.89. The SMILES string of the molecule is CN=C(NCCS(=O)(=O)N1CCc2ccccc21)NCc1ccc2c(c1)OCO2. The second-order valence-electron chi connectivity index (χ2n) is 6.81. The third-order valence-corrected chi connectivity index (χ3v) is 6.72. The van der Waals surface area contributed by atoms with E-state index >= 15 is 0 Å². The number of hydrogen-bond acceptors (Lipinski definition) is 5. The molecule has 2 N–H and O–H groups in total. The topological polar surface area (TPSA) is 92.3 Å². The molecule has 0 bridgehead atoms. The van der Waals surface area contributed by atoms with Crippen LogP contribution in [0.15, 0.2) is 47.5 Å². The summed E-state index contributed by atoms with van der Waals surface area (Å²) < 4.78 is 37.7. The van der Waals surface area contributed by atoms with Crippen molar-refractivity contribution in [3.05, 3.63) is 53.6 Å². The molecule has 4 rings (SSSR count). The molecule has 0 aliphatic carbocycles. The lowest BCUT2D eigenvalue weighted by Gasteiger charge is -2.20. The first-order valence-electron chi connectivity index (χ1n) is 9.48. The monoisotopic (exact) mass is 416 g/mol. The molecular weight excluding hydrogens is 392 g/mol. The van der Waals surface area contributed by atoms with Crippen molar-refractivity contribution in [2.24, 2.45) is 4.99 Å². The zero-order valence-corrected chi connectivity index (χ0v) is 17.0. The zero-order valence-electron chi connectivity index (χ0n) is 16.2. The first-order valence-corrected chi connectivity index (χ1v) is 11.1. The number of sulfonamides is 1. The molecule has 0 spiro atoms. The van der Waals surface area contributed by atoms with Gasteiger partial charge in [0.2, 0.25) is 16.8 Å². The van der Waals surface area contributed by atoms with Crippen molar-refractivity contribution >= 4 is 21.7 Å². The number of aliphatic imine (C=N–C) groups is 1. The number of hydrogen-bond donors (Lipinski definition) is 2. The fraction of sp³-hybridized carbons (Fsp3) is 0.350. The van der Waals surface area contributed by atoms with E-state index in [4.69, 9.17) is 9.47 Å². The summed E-state index contributed by atoms with van der Waals surface area (Å²) in [4.78, 5) is 4.16. The predicted octanol–water partition coefficient (Wildman–Crippen LogP) is 1.47. The van der Waals surface area contributed by atoms with Crippen LogP contribution in [0.5, 0.6) is 11.5 Å². The lowest BCUT2D eigenvalue weighted by atomic mass is 10.2. The van der Waals surface area contributed by atoms with E-state index in [0.29, 0.717) is 19.0 Å². The number of guanidine groups is 1. The van der Waals surface area contributed by atoms with E-state index in [0.717, 1.165) is 34.7 Å². The molecule has 0 atom stereocenters. The summed E-state index contributed by atoms with van der Waals surface area (Å²) in [5.41, 5.74) is 2.88. The van der Waals surface area contributed by atoms with E-state index in [1.54, 1.807) is 7.05 Å². The number of rotatable bonds is 6. The molecule has 2 heterocycles. The molecule has 0 amide bonds. The van der Waals surface area contributed by atoms with Crippen molar-refractivity contribution in [3.8, 4) is 11.5 Å². The van der Waals surface area contributed by atoms with Crippen molar-refractivity contribution in [2.45, 2.75) is 13.0 Å². The second kappa shape index (κ2) is 8.20. The minimum atomic E-state index is -3.39. The van der Waals surface area contributed by atoms with E-state index in [1.807, 2.05) is 42.5 Å². The Hall–Kier alpha value is -2.94. The fourth-order valence-electron chi connectivity index (χ4n) is 3.46. The summed E-state index contributed by atoms with van der Waals surface area (Å²) in [7, 11) is -1.74. The van der Waals surface area contributed by atoms with Gasteiger partial charge in [-0.2, -0.15) is 0 Å². The van der Waals surface area contributed by atoms with E-state index < -0.39 is 10.0 Å². The maximum atomic E-state index is 12.8. The summed E-state index contributed by atoms with van der Waals surface area (Å²) >= 11 is 0. The van der Waals surface area contributed by atoms with Crippen molar-refractivity contribution in [1.82, 2.24) is 10.6 Å². The van der Waals surface area contributed by atoms with Crippen LogP contribution in [-0.4, -0.2) is 47.1 Å². The van der Waals surface area contributed by atoms with Crippen LogP contribution in [0.1, 0.15) is 11.1 Å². The van der Waals surface area contributed by atoms with Crippen LogP contribution < -0.4 is 24.4 Å². The van der Waals surface area contributed by atoms with E-state index in [9.17, 15) is 8.42 Å². The Balaban J connectivity index is 1.29. The molecule has 0 saturated heterocycles. The molecule has 8 nitrogen and oxygen atoms in total. The van der Waals surface area contributed by atoms with Crippen molar-refractivity contribution < 1.29 is 17.9 Å². The zero-order chi connectivity index (χ0) is 20.3. The van der Waals surface area contributed by atoms with Crippen LogP contribution in [0, 0.1) is 0 Å². The standard InChI is InChI=1S/C20H24N4O4S/c1-21-20(23-13-15-6-7-18-19(12-15)28-14-27-18)22-9-11-29(25,26)24-10-8-16-4-2-3-5-17(16)24/h2-7,12H,8-11,13-14H2,1H3,(H2,21,22,23). The smallest absolute Gasteiger partial charge is 0.236 e. The second-order valence-corrected chi connectivity index (χ2v) is 8.82. The third-order valence-electron chi connectivity index (χ3n) is 4.95. The van der Waals surface area contributed by atoms with Crippen LogP contribution in [0.3, 0.4) is 0 Å². The summed E-state index contributed by atoms with van der Waals surface area (Å²) in [5.74, 6) is 2.00. The van der Waals surface area contributed by atoms with Gasteiger partial charge in [-0.1, -0.05) is 24.3 Å². The lowest BCUT2D eigenvalue weighted by Crippen LogP contribution is -2.41. The number of benzene rings is 2. The van der Waals surface area contributed by atoms with Gasteiger partial charge in [-0.25, -0.2) is 8.42 Å². The third kappa shape index (κ3) is 4.24. The van der Waals surface area contributed by atoms with Gasteiger partial charge in [-0.3, -0.25) is 9.30 Å². The quantitative estimate of drug-likeness (QED) is 0.547. The Bertz CT molecular complexity index is 1020. The summed E-state index contributed by atoms with van der Waals surface area (Å²) in [6.45, 7) is 1.54.